The number of nitrogens with one attached hydrogen (secondary N) is 1. The van der Waals surface area contributed by atoms with Gasteiger partial charge in [-0.3, -0.25) is 4.90 Å². The van der Waals surface area contributed by atoms with Crippen molar-refractivity contribution < 1.29 is 0 Å². The van der Waals surface area contributed by atoms with Crippen LogP contribution in [0, 0.1) is 5.92 Å². The van der Waals surface area contributed by atoms with E-state index in [2.05, 4.69) is 43.1 Å². The Morgan fingerprint density at radius 2 is 2.06 bits per heavy atom. The van der Waals surface area contributed by atoms with Crippen molar-refractivity contribution in [2.24, 2.45) is 5.92 Å². The summed E-state index contributed by atoms with van der Waals surface area (Å²) in [6, 6.07) is 5.46. The number of nitrogens with zero attached hydrogens (tertiary/aromatic N) is 1. The zero-order chi connectivity index (χ0) is 13.0. The maximum atomic E-state index is 3.40. The van der Waals surface area contributed by atoms with E-state index in [0.29, 0.717) is 0 Å². The number of hydrogen-bond acceptors (Lipinski definition) is 3. The molecule has 3 heteroatoms. The van der Waals surface area contributed by atoms with Crippen LogP contribution in [0.4, 0.5) is 0 Å². The van der Waals surface area contributed by atoms with Gasteiger partial charge >= 0.3 is 0 Å². The normalized spacial score (nSPS) is 15.8. The van der Waals surface area contributed by atoms with Crippen LogP contribution in [0.25, 0.3) is 0 Å². The fraction of sp³-hybridized carbons (Fsp3) is 0.733. The highest BCUT2D eigenvalue weighted by Gasteiger charge is 2.29. The summed E-state index contributed by atoms with van der Waals surface area (Å²) in [5.74, 6) is 0.770. The molecule has 0 bridgehead atoms. The van der Waals surface area contributed by atoms with E-state index >= 15 is 0 Å². The van der Waals surface area contributed by atoms with Crippen molar-refractivity contribution in [3.05, 3.63) is 21.9 Å². The van der Waals surface area contributed by atoms with Gasteiger partial charge in [0.1, 0.15) is 0 Å². The van der Waals surface area contributed by atoms with Crippen LogP contribution in [0.3, 0.4) is 0 Å². The molecule has 0 amide bonds. The maximum absolute atomic E-state index is 3.40. The van der Waals surface area contributed by atoms with Gasteiger partial charge in [-0.25, -0.2) is 0 Å². The highest BCUT2D eigenvalue weighted by atomic mass is 32.1. The molecule has 1 heterocycles. The van der Waals surface area contributed by atoms with Gasteiger partial charge < -0.3 is 5.32 Å². The van der Waals surface area contributed by atoms with Crippen molar-refractivity contribution in [2.75, 3.05) is 13.1 Å². The molecular weight excluding hydrogens is 240 g/mol. The summed E-state index contributed by atoms with van der Waals surface area (Å²) >= 11 is 1.97. The fourth-order valence-electron chi connectivity index (χ4n) is 2.30. The third kappa shape index (κ3) is 4.38. The zero-order valence-electron chi connectivity index (χ0n) is 11.9. The van der Waals surface area contributed by atoms with E-state index in [1.54, 1.807) is 0 Å². The van der Waals surface area contributed by atoms with Crippen molar-refractivity contribution in [1.29, 1.82) is 0 Å². The Bertz CT molecular complexity index is 355. The summed E-state index contributed by atoms with van der Waals surface area (Å²) < 4.78 is 0. The first-order valence-electron chi connectivity index (χ1n) is 7.21. The van der Waals surface area contributed by atoms with Crippen LogP contribution < -0.4 is 5.32 Å². The van der Waals surface area contributed by atoms with E-state index in [4.69, 9.17) is 0 Å². The molecule has 1 aliphatic carbocycles. The second kappa shape index (κ2) is 6.69. The Kier molecular flexibility index (Phi) is 5.22. The van der Waals surface area contributed by atoms with Crippen molar-refractivity contribution >= 4 is 11.3 Å². The van der Waals surface area contributed by atoms with E-state index in [-0.39, 0.29) is 0 Å². The standard InChI is InChI=1S/C15H26N2S/c1-4-16-9-14-7-8-15(18-14)11-17(10-12(2)3)13-5-6-13/h7-8,12-13,16H,4-6,9-11H2,1-3H3. The Balaban J connectivity index is 1.87. The first-order valence-corrected chi connectivity index (χ1v) is 8.03. The van der Waals surface area contributed by atoms with Crippen LogP contribution in [-0.2, 0) is 13.1 Å². The minimum Gasteiger partial charge on any atom is -0.312 e. The van der Waals surface area contributed by atoms with Gasteiger partial charge in [-0.1, -0.05) is 20.8 Å². The minimum absolute atomic E-state index is 0.770. The van der Waals surface area contributed by atoms with Crippen LogP contribution in [0.1, 0.15) is 43.4 Å². The number of thiophene rings is 1. The van der Waals surface area contributed by atoms with Gasteiger partial charge in [0.15, 0.2) is 0 Å². The molecule has 0 spiro atoms. The predicted molar refractivity (Wildman–Crippen MR) is 80.0 cm³/mol. The lowest BCUT2D eigenvalue weighted by Crippen LogP contribution is -2.29. The molecule has 1 aliphatic rings. The van der Waals surface area contributed by atoms with Crippen LogP contribution in [-0.4, -0.2) is 24.0 Å². The Hall–Kier alpha value is -0.380. The van der Waals surface area contributed by atoms with Gasteiger partial charge in [0.05, 0.1) is 0 Å². The molecule has 1 fully saturated rings. The Labute approximate surface area is 115 Å². The average Bonchev–Trinajstić information content (AvgIpc) is 3.07. The monoisotopic (exact) mass is 266 g/mol. The second-order valence-corrected chi connectivity index (χ2v) is 6.96. The van der Waals surface area contributed by atoms with Gasteiger partial charge in [0.25, 0.3) is 0 Å². The molecule has 0 unspecified atom stereocenters. The molecular formula is C15H26N2S. The third-order valence-corrected chi connectivity index (χ3v) is 4.36. The lowest BCUT2D eigenvalue weighted by molar-refractivity contribution is 0.228. The molecule has 0 aliphatic heterocycles. The van der Waals surface area contributed by atoms with Crippen LogP contribution in [0.15, 0.2) is 12.1 Å². The summed E-state index contributed by atoms with van der Waals surface area (Å²) in [7, 11) is 0. The van der Waals surface area contributed by atoms with Crippen molar-refractivity contribution in [3.8, 4) is 0 Å². The zero-order valence-corrected chi connectivity index (χ0v) is 12.7. The van der Waals surface area contributed by atoms with Gasteiger partial charge in [-0.05, 0) is 37.4 Å². The maximum Gasteiger partial charge on any atom is 0.0331 e. The highest BCUT2D eigenvalue weighted by molar-refractivity contribution is 7.11. The predicted octanol–water partition coefficient (Wildman–Crippen LogP) is 3.48. The van der Waals surface area contributed by atoms with Gasteiger partial charge in [-0.2, -0.15) is 0 Å². The Morgan fingerprint density at radius 3 is 2.67 bits per heavy atom. The highest BCUT2D eigenvalue weighted by Crippen LogP contribution is 2.30. The van der Waals surface area contributed by atoms with Crippen LogP contribution in [0.5, 0.6) is 0 Å². The lowest BCUT2D eigenvalue weighted by atomic mass is 10.2. The van der Waals surface area contributed by atoms with Gasteiger partial charge in [0.2, 0.25) is 0 Å². The van der Waals surface area contributed by atoms with Crippen LogP contribution in [0.2, 0.25) is 0 Å². The first kappa shape index (κ1) is 14.0. The molecule has 1 saturated carbocycles. The SMILES string of the molecule is CCNCc1ccc(CN(CC(C)C)C2CC2)s1. The van der Waals surface area contributed by atoms with Crippen molar-refractivity contribution in [1.82, 2.24) is 10.2 Å². The van der Waals surface area contributed by atoms with Crippen LogP contribution >= 0.6 is 11.3 Å². The van der Waals surface area contributed by atoms with Crippen molar-refractivity contribution in [2.45, 2.75) is 52.7 Å². The molecule has 2 nitrogen and oxygen atoms in total. The van der Waals surface area contributed by atoms with E-state index in [0.717, 1.165) is 31.6 Å². The number of rotatable bonds is 8. The quantitative estimate of drug-likeness (QED) is 0.775. The summed E-state index contributed by atoms with van der Waals surface area (Å²) in [6.07, 6.45) is 2.81. The fourth-order valence-corrected chi connectivity index (χ4v) is 3.32. The third-order valence-electron chi connectivity index (χ3n) is 3.29. The molecule has 1 aromatic rings. The molecule has 2 rings (SSSR count). The van der Waals surface area contributed by atoms with E-state index in [1.807, 2.05) is 11.3 Å². The molecule has 1 N–H and O–H groups in total. The number of hydrogen-bond donors (Lipinski definition) is 1. The van der Waals surface area contributed by atoms with E-state index in [9.17, 15) is 0 Å². The molecule has 102 valence electrons. The minimum atomic E-state index is 0.770. The molecule has 0 saturated heterocycles. The van der Waals surface area contributed by atoms with E-state index < -0.39 is 0 Å². The smallest absolute Gasteiger partial charge is 0.0331 e. The molecule has 1 aromatic heterocycles. The molecule has 0 atom stereocenters. The largest absolute Gasteiger partial charge is 0.312 e. The molecule has 0 aromatic carbocycles. The van der Waals surface area contributed by atoms with E-state index in [1.165, 1.54) is 29.1 Å². The summed E-state index contributed by atoms with van der Waals surface area (Å²) in [5.41, 5.74) is 0. The first-order chi connectivity index (χ1) is 8.69. The Morgan fingerprint density at radius 1 is 1.33 bits per heavy atom. The lowest BCUT2D eigenvalue weighted by Gasteiger charge is -2.23. The van der Waals surface area contributed by atoms with Gasteiger partial charge in [-0.15, -0.1) is 11.3 Å². The topological polar surface area (TPSA) is 15.3 Å². The average molecular weight is 266 g/mol. The van der Waals surface area contributed by atoms with Gasteiger partial charge in [0, 0.05) is 35.4 Å². The second-order valence-electron chi connectivity index (χ2n) is 5.70. The molecule has 18 heavy (non-hydrogen) atoms. The summed E-state index contributed by atoms with van der Waals surface area (Å²) in [6.45, 7) is 11.3. The van der Waals surface area contributed by atoms with Crippen molar-refractivity contribution in [3.63, 3.8) is 0 Å². The summed E-state index contributed by atoms with van der Waals surface area (Å²) in [4.78, 5) is 5.66. The molecule has 0 radical (unpaired) electrons. The summed E-state index contributed by atoms with van der Waals surface area (Å²) in [5, 5.41) is 3.40.